The van der Waals surface area contributed by atoms with Crippen LogP contribution in [0, 0.1) is 0 Å². The number of carbonyl (C=O) groups excluding carboxylic acids is 2. The number of hydrogen-bond donors (Lipinski definition) is 2. The summed E-state index contributed by atoms with van der Waals surface area (Å²) in [6, 6.07) is 12.6. The predicted molar refractivity (Wildman–Crippen MR) is 109 cm³/mol. The van der Waals surface area contributed by atoms with Gasteiger partial charge in [-0.2, -0.15) is 4.68 Å². The van der Waals surface area contributed by atoms with Crippen LogP contribution in [0.5, 0.6) is 0 Å². The molecule has 2 aromatic carbocycles. The first-order valence-corrected chi connectivity index (χ1v) is 10.5. The Bertz CT molecular complexity index is 1070. The van der Waals surface area contributed by atoms with Crippen molar-refractivity contribution in [1.29, 1.82) is 0 Å². The van der Waals surface area contributed by atoms with Crippen LogP contribution in [0.15, 0.2) is 52.5 Å². The number of nitrogens with one attached hydrogen (secondary N) is 2. The van der Waals surface area contributed by atoms with Crippen LogP contribution >= 0.6 is 23.5 Å². The highest BCUT2D eigenvalue weighted by Crippen LogP contribution is 2.36. The van der Waals surface area contributed by atoms with Gasteiger partial charge in [0.15, 0.2) is 0 Å². The number of rotatable bonds is 4. The molecule has 2 N–H and O–H groups in total. The summed E-state index contributed by atoms with van der Waals surface area (Å²) >= 11 is 2.91. The van der Waals surface area contributed by atoms with Crippen molar-refractivity contribution in [1.82, 2.24) is 20.2 Å². The van der Waals surface area contributed by atoms with Crippen molar-refractivity contribution < 1.29 is 9.59 Å². The molecule has 2 amide bonds. The van der Waals surface area contributed by atoms with E-state index in [1.165, 1.54) is 23.5 Å². The summed E-state index contributed by atoms with van der Waals surface area (Å²) < 4.78 is 1.60. The predicted octanol–water partition coefficient (Wildman–Crippen LogP) is 3.07. The Morgan fingerprint density at radius 3 is 2.96 bits per heavy atom. The van der Waals surface area contributed by atoms with Crippen molar-refractivity contribution in [2.75, 3.05) is 16.9 Å². The topological polar surface area (TPSA) is 102 Å². The molecule has 1 atom stereocenters. The second-order valence-corrected chi connectivity index (χ2v) is 8.20. The fraction of sp³-hybridized carbons (Fsp3) is 0.167. The molecule has 8 nitrogen and oxygen atoms in total. The van der Waals surface area contributed by atoms with Crippen molar-refractivity contribution in [3.8, 4) is 5.69 Å². The van der Waals surface area contributed by atoms with Gasteiger partial charge in [0.1, 0.15) is 0 Å². The number of anilines is 2. The quantitative estimate of drug-likeness (QED) is 0.635. The molecule has 1 aromatic heterocycles. The van der Waals surface area contributed by atoms with Crippen LogP contribution in [0.1, 0.15) is 17.3 Å². The summed E-state index contributed by atoms with van der Waals surface area (Å²) in [5.74, 6) is -0.326. The van der Waals surface area contributed by atoms with Gasteiger partial charge in [-0.05, 0) is 60.0 Å². The van der Waals surface area contributed by atoms with Crippen molar-refractivity contribution in [3.63, 3.8) is 0 Å². The van der Waals surface area contributed by atoms with Crippen molar-refractivity contribution in [3.05, 3.63) is 48.0 Å². The van der Waals surface area contributed by atoms with Gasteiger partial charge in [0.05, 0.1) is 16.6 Å². The SMILES string of the molecule is CSc1nnnn1-c1cccc(NC(=O)c2ccc3c(c2)NC(=O)C(C)S3)c1. The number of aromatic nitrogens is 4. The number of hydrogen-bond acceptors (Lipinski definition) is 7. The van der Waals surface area contributed by atoms with Gasteiger partial charge in [-0.15, -0.1) is 16.9 Å². The van der Waals surface area contributed by atoms with Crippen molar-refractivity contribution in [2.24, 2.45) is 0 Å². The smallest absolute Gasteiger partial charge is 0.255 e. The Morgan fingerprint density at radius 1 is 1.29 bits per heavy atom. The highest BCUT2D eigenvalue weighted by Gasteiger charge is 2.23. The summed E-state index contributed by atoms with van der Waals surface area (Å²) in [5, 5.41) is 17.8. The van der Waals surface area contributed by atoms with E-state index in [1.54, 1.807) is 28.9 Å². The zero-order chi connectivity index (χ0) is 19.7. The van der Waals surface area contributed by atoms with Gasteiger partial charge in [-0.3, -0.25) is 9.59 Å². The normalized spacial score (nSPS) is 15.6. The molecule has 1 unspecified atom stereocenters. The standard InChI is InChI=1S/C18H16N6O2S2/c1-10-16(25)20-14-8-11(6-7-15(14)28-10)17(26)19-12-4-3-5-13(9-12)24-18(27-2)21-22-23-24/h3-10H,1-2H3,(H,19,26)(H,20,25). The molecule has 3 aromatic rings. The third kappa shape index (κ3) is 3.60. The summed E-state index contributed by atoms with van der Waals surface area (Å²) in [4.78, 5) is 25.5. The molecule has 0 radical (unpaired) electrons. The average Bonchev–Trinajstić information content (AvgIpc) is 3.17. The van der Waals surface area contributed by atoms with Gasteiger partial charge in [0, 0.05) is 16.1 Å². The van der Waals surface area contributed by atoms with Gasteiger partial charge < -0.3 is 10.6 Å². The summed E-state index contributed by atoms with van der Waals surface area (Å²) in [6.45, 7) is 1.85. The lowest BCUT2D eigenvalue weighted by Gasteiger charge is -2.21. The van der Waals surface area contributed by atoms with E-state index in [-0.39, 0.29) is 17.1 Å². The third-order valence-electron chi connectivity index (χ3n) is 4.14. The van der Waals surface area contributed by atoms with Crippen LogP contribution in [0.4, 0.5) is 11.4 Å². The summed E-state index contributed by atoms with van der Waals surface area (Å²) in [6.07, 6.45) is 1.89. The molecule has 0 fully saturated rings. The monoisotopic (exact) mass is 412 g/mol. The number of tetrazole rings is 1. The molecule has 0 spiro atoms. The van der Waals surface area contributed by atoms with E-state index in [0.29, 0.717) is 22.1 Å². The molecule has 142 valence electrons. The van der Waals surface area contributed by atoms with E-state index >= 15 is 0 Å². The minimum atomic E-state index is -0.264. The maximum Gasteiger partial charge on any atom is 0.255 e. The van der Waals surface area contributed by atoms with E-state index in [2.05, 4.69) is 26.2 Å². The molecule has 1 aliphatic rings. The number of fused-ring (bicyclic) bond motifs is 1. The number of carbonyl (C=O) groups is 2. The van der Waals surface area contributed by atoms with E-state index in [4.69, 9.17) is 0 Å². The Balaban J connectivity index is 1.55. The van der Waals surface area contributed by atoms with Gasteiger partial charge in [0.25, 0.3) is 5.91 Å². The fourth-order valence-corrected chi connectivity index (χ4v) is 4.10. The molecule has 28 heavy (non-hydrogen) atoms. The lowest BCUT2D eigenvalue weighted by atomic mass is 10.1. The van der Waals surface area contributed by atoms with Crippen LogP contribution < -0.4 is 10.6 Å². The van der Waals surface area contributed by atoms with Gasteiger partial charge in [-0.25, -0.2) is 0 Å². The molecule has 0 saturated carbocycles. The van der Waals surface area contributed by atoms with Gasteiger partial charge >= 0.3 is 0 Å². The van der Waals surface area contributed by atoms with Crippen molar-refractivity contribution in [2.45, 2.75) is 22.2 Å². The Morgan fingerprint density at radius 2 is 2.14 bits per heavy atom. The number of amides is 2. The number of benzene rings is 2. The Labute approximate surface area is 169 Å². The number of thioether (sulfide) groups is 2. The molecule has 10 heteroatoms. The Hall–Kier alpha value is -2.85. The summed E-state index contributed by atoms with van der Waals surface area (Å²) in [7, 11) is 0. The number of nitrogens with zero attached hydrogens (tertiary/aromatic N) is 4. The van der Waals surface area contributed by atoms with Crippen LogP contribution in [0.3, 0.4) is 0 Å². The maximum atomic E-state index is 12.7. The Kier molecular flexibility index (Phi) is 5.05. The van der Waals surface area contributed by atoms with Crippen LogP contribution in [0.2, 0.25) is 0 Å². The lowest BCUT2D eigenvalue weighted by molar-refractivity contribution is -0.115. The largest absolute Gasteiger partial charge is 0.324 e. The molecule has 2 heterocycles. The molecule has 0 bridgehead atoms. The second kappa shape index (κ2) is 7.64. The van der Waals surface area contributed by atoms with Gasteiger partial charge in [0.2, 0.25) is 11.1 Å². The first kappa shape index (κ1) is 18.5. The fourth-order valence-electron chi connectivity index (χ4n) is 2.74. The van der Waals surface area contributed by atoms with Crippen LogP contribution in [-0.2, 0) is 4.79 Å². The highest BCUT2D eigenvalue weighted by atomic mass is 32.2. The first-order valence-electron chi connectivity index (χ1n) is 8.41. The van der Waals surface area contributed by atoms with E-state index in [0.717, 1.165) is 10.6 Å². The van der Waals surface area contributed by atoms with E-state index in [1.807, 2.05) is 31.4 Å². The zero-order valence-electron chi connectivity index (χ0n) is 15.0. The molecule has 4 rings (SSSR count). The highest BCUT2D eigenvalue weighted by molar-refractivity contribution is 8.01. The average molecular weight is 413 g/mol. The molecule has 0 saturated heterocycles. The second-order valence-electron chi connectivity index (χ2n) is 6.04. The molecular formula is C18H16N6O2S2. The maximum absolute atomic E-state index is 12.7. The van der Waals surface area contributed by atoms with E-state index in [9.17, 15) is 9.59 Å². The lowest BCUT2D eigenvalue weighted by Crippen LogP contribution is -2.26. The van der Waals surface area contributed by atoms with E-state index < -0.39 is 0 Å². The molecule has 1 aliphatic heterocycles. The van der Waals surface area contributed by atoms with Crippen LogP contribution in [-0.4, -0.2) is 43.5 Å². The minimum absolute atomic E-state index is 0.0613. The molecule has 0 aliphatic carbocycles. The third-order valence-corrected chi connectivity index (χ3v) is 5.94. The zero-order valence-corrected chi connectivity index (χ0v) is 16.7. The van der Waals surface area contributed by atoms with Crippen LogP contribution in [0.25, 0.3) is 5.69 Å². The van der Waals surface area contributed by atoms with Gasteiger partial charge in [-0.1, -0.05) is 17.8 Å². The van der Waals surface area contributed by atoms with Crippen molar-refractivity contribution >= 4 is 46.7 Å². The minimum Gasteiger partial charge on any atom is -0.324 e. The summed E-state index contributed by atoms with van der Waals surface area (Å²) in [5.41, 5.74) is 2.49. The first-order chi connectivity index (χ1) is 13.5. The molecular weight excluding hydrogens is 396 g/mol.